The maximum atomic E-state index is 13.4. The lowest BCUT2D eigenvalue weighted by Gasteiger charge is -2.23. The van der Waals surface area contributed by atoms with Gasteiger partial charge in [0.2, 0.25) is 0 Å². The van der Waals surface area contributed by atoms with Crippen LogP contribution in [0.4, 0.5) is 5.69 Å². The fraction of sp³-hybridized carbons (Fsp3) is 0.172. The molecule has 4 aromatic rings. The number of hydrazone groups is 1. The summed E-state index contributed by atoms with van der Waals surface area (Å²) >= 11 is 0. The second-order valence-electron chi connectivity index (χ2n) is 8.90. The van der Waals surface area contributed by atoms with Gasteiger partial charge in [-0.25, -0.2) is 13.8 Å². The fourth-order valence-corrected chi connectivity index (χ4v) is 5.63. The van der Waals surface area contributed by atoms with Crippen molar-refractivity contribution >= 4 is 27.8 Å². The summed E-state index contributed by atoms with van der Waals surface area (Å²) in [4.78, 5) is 13.0. The van der Waals surface area contributed by atoms with Crippen LogP contribution in [-0.2, 0) is 14.8 Å². The van der Waals surface area contributed by atoms with Gasteiger partial charge in [-0.3, -0.25) is 9.10 Å². The van der Waals surface area contributed by atoms with E-state index < -0.39 is 22.5 Å². The van der Waals surface area contributed by atoms with Crippen LogP contribution < -0.4 is 9.73 Å². The molecule has 0 bridgehead atoms. The van der Waals surface area contributed by atoms with Gasteiger partial charge in [-0.15, -0.1) is 0 Å². The van der Waals surface area contributed by atoms with Crippen molar-refractivity contribution < 1.29 is 13.2 Å². The number of rotatable bonds is 8. The van der Waals surface area contributed by atoms with Crippen LogP contribution in [0.3, 0.4) is 0 Å². The third kappa shape index (κ3) is 5.65. The summed E-state index contributed by atoms with van der Waals surface area (Å²) in [6.07, 6.45) is 1.58. The van der Waals surface area contributed by atoms with Crippen LogP contribution in [0, 0.1) is 27.7 Å². The van der Waals surface area contributed by atoms with Crippen LogP contribution in [0.2, 0.25) is 0 Å². The first-order chi connectivity index (χ1) is 17.7. The second-order valence-corrected chi connectivity index (χ2v) is 10.8. The van der Waals surface area contributed by atoms with Gasteiger partial charge in [0.15, 0.2) is 0 Å². The molecule has 1 aromatic heterocycles. The first kappa shape index (κ1) is 25.9. The van der Waals surface area contributed by atoms with Gasteiger partial charge in [-0.2, -0.15) is 5.10 Å². The van der Waals surface area contributed by atoms with Gasteiger partial charge < -0.3 is 4.57 Å². The molecule has 0 aliphatic heterocycles. The smallest absolute Gasteiger partial charge is 0.264 e. The zero-order chi connectivity index (χ0) is 26.6. The molecule has 190 valence electrons. The third-order valence-corrected chi connectivity index (χ3v) is 7.95. The minimum absolute atomic E-state index is 0.107. The molecule has 0 atom stereocenters. The van der Waals surface area contributed by atoms with Gasteiger partial charge in [0.05, 0.1) is 16.8 Å². The number of carbonyl (C=O) groups is 1. The number of carbonyl (C=O) groups excluding carboxylic acids is 1. The molecule has 0 aliphatic carbocycles. The molecular weight excluding hydrogens is 484 g/mol. The molecule has 1 amide bonds. The Morgan fingerprint density at radius 2 is 1.57 bits per heavy atom. The van der Waals surface area contributed by atoms with Gasteiger partial charge in [0.25, 0.3) is 15.9 Å². The monoisotopic (exact) mass is 514 g/mol. The quantitative estimate of drug-likeness (QED) is 0.264. The van der Waals surface area contributed by atoms with Crippen molar-refractivity contribution in [3.8, 4) is 5.69 Å². The van der Waals surface area contributed by atoms with Crippen LogP contribution in [0.25, 0.3) is 5.69 Å². The van der Waals surface area contributed by atoms with Crippen molar-refractivity contribution in [3.63, 3.8) is 0 Å². The standard InChI is InChI=1S/C29H30N4O3S/c1-21-14-16-26(17-15-21)32(37(35,36)27-11-6-5-7-12-27)20-29(34)31-30-19-25-18-23(3)33(24(25)4)28-13-9-8-10-22(28)2/h5-19H,20H2,1-4H3,(H,31,34)/b30-19+. The average molecular weight is 515 g/mol. The van der Waals surface area contributed by atoms with Gasteiger partial charge in [-0.05, 0) is 69.7 Å². The van der Waals surface area contributed by atoms with E-state index in [1.54, 1.807) is 36.5 Å². The lowest BCUT2D eigenvalue weighted by Crippen LogP contribution is -2.39. The van der Waals surface area contributed by atoms with Gasteiger partial charge >= 0.3 is 0 Å². The lowest BCUT2D eigenvalue weighted by atomic mass is 10.2. The van der Waals surface area contributed by atoms with Gasteiger partial charge in [0, 0.05) is 22.6 Å². The van der Waals surface area contributed by atoms with Crippen LogP contribution in [0.1, 0.15) is 28.1 Å². The van der Waals surface area contributed by atoms with E-state index in [4.69, 9.17) is 0 Å². The Hall–Kier alpha value is -4.17. The average Bonchev–Trinajstić information content (AvgIpc) is 3.16. The number of amides is 1. The lowest BCUT2D eigenvalue weighted by molar-refractivity contribution is -0.119. The number of hydrogen-bond acceptors (Lipinski definition) is 4. The maximum absolute atomic E-state index is 13.4. The molecule has 0 aliphatic rings. The van der Waals surface area contributed by atoms with Crippen molar-refractivity contribution in [2.75, 3.05) is 10.8 Å². The number of aryl methyl sites for hydroxylation is 3. The molecule has 0 fully saturated rings. The molecule has 0 spiro atoms. The van der Waals surface area contributed by atoms with E-state index in [2.05, 4.69) is 34.2 Å². The summed E-state index contributed by atoms with van der Waals surface area (Å²) in [6, 6.07) is 25.2. The molecule has 0 saturated heterocycles. The zero-order valence-electron chi connectivity index (χ0n) is 21.3. The van der Waals surface area contributed by atoms with Crippen molar-refractivity contribution in [1.82, 2.24) is 9.99 Å². The first-order valence-corrected chi connectivity index (χ1v) is 13.3. The number of aromatic nitrogens is 1. The molecule has 7 nitrogen and oxygen atoms in total. The minimum atomic E-state index is -3.97. The molecule has 0 unspecified atom stereocenters. The predicted octanol–water partition coefficient (Wildman–Crippen LogP) is 5.06. The Bertz CT molecular complexity index is 1540. The number of para-hydroxylation sites is 1. The van der Waals surface area contributed by atoms with Crippen molar-refractivity contribution in [1.29, 1.82) is 0 Å². The topological polar surface area (TPSA) is 83.8 Å². The van der Waals surface area contributed by atoms with E-state index in [0.29, 0.717) is 5.69 Å². The number of nitrogens with zero attached hydrogens (tertiary/aromatic N) is 3. The van der Waals surface area contributed by atoms with Crippen LogP contribution in [0.5, 0.6) is 0 Å². The summed E-state index contributed by atoms with van der Waals surface area (Å²) in [5.74, 6) is -0.552. The Labute approximate surface area is 218 Å². The van der Waals surface area contributed by atoms with E-state index in [1.807, 2.05) is 51.1 Å². The normalized spacial score (nSPS) is 11.6. The number of sulfonamides is 1. The second kappa shape index (κ2) is 10.8. The summed E-state index contributed by atoms with van der Waals surface area (Å²) in [5, 5.41) is 4.13. The van der Waals surface area contributed by atoms with E-state index in [0.717, 1.165) is 38.1 Å². The highest BCUT2D eigenvalue weighted by atomic mass is 32.2. The van der Waals surface area contributed by atoms with E-state index in [1.165, 1.54) is 12.1 Å². The molecule has 37 heavy (non-hydrogen) atoms. The Morgan fingerprint density at radius 1 is 0.919 bits per heavy atom. The molecule has 8 heteroatoms. The number of nitrogens with one attached hydrogen (secondary N) is 1. The Balaban J connectivity index is 1.55. The highest BCUT2D eigenvalue weighted by Gasteiger charge is 2.27. The highest BCUT2D eigenvalue weighted by Crippen LogP contribution is 2.24. The summed E-state index contributed by atoms with van der Waals surface area (Å²) in [7, 11) is -3.97. The van der Waals surface area contributed by atoms with Crippen molar-refractivity contribution in [2.24, 2.45) is 5.10 Å². The largest absolute Gasteiger partial charge is 0.318 e. The zero-order valence-corrected chi connectivity index (χ0v) is 22.2. The SMILES string of the molecule is Cc1ccc(N(CC(=O)N/N=C/c2cc(C)n(-c3ccccc3C)c2C)S(=O)(=O)c2ccccc2)cc1. The molecule has 1 heterocycles. The molecular formula is C29H30N4O3S. The Morgan fingerprint density at radius 3 is 2.24 bits per heavy atom. The maximum Gasteiger partial charge on any atom is 0.264 e. The molecule has 4 rings (SSSR count). The summed E-state index contributed by atoms with van der Waals surface area (Å²) in [6.45, 7) is 7.57. The van der Waals surface area contributed by atoms with Gasteiger partial charge in [0.1, 0.15) is 6.54 Å². The van der Waals surface area contributed by atoms with Crippen LogP contribution >= 0.6 is 0 Å². The fourth-order valence-electron chi connectivity index (χ4n) is 4.19. The van der Waals surface area contributed by atoms with E-state index in [-0.39, 0.29) is 4.90 Å². The van der Waals surface area contributed by atoms with Crippen LogP contribution in [-0.4, -0.2) is 31.7 Å². The van der Waals surface area contributed by atoms with Crippen molar-refractivity contribution in [3.05, 3.63) is 113 Å². The van der Waals surface area contributed by atoms with E-state index >= 15 is 0 Å². The molecule has 0 radical (unpaired) electrons. The van der Waals surface area contributed by atoms with Crippen LogP contribution in [0.15, 0.2) is 94.9 Å². The number of benzene rings is 3. The molecule has 3 aromatic carbocycles. The highest BCUT2D eigenvalue weighted by molar-refractivity contribution is 7.92. The van der Waals surface area contributed by atoms with E-state index in [9.17, 15) is 13.2 Å². The number of hydrogen-bond donors (Lipinski definition) is 1. The first-order valence-electron chi connectivity index (χ1n) is 11.9. The molecule has 1 N–H and O–H groups in total. The predicted molar refractivity (Wildman–Crippen MR) is 148 cm³/mol. The molecule has 0 saturated carbocycles. The Kier molecular flexibility index (Phi) is 7.59. The summed E-state index contributed by atoms with van der Waals surface area (Å²) in [5.41, 5.74) is 8.99. The minimum Gasteiger partial charge on any atom is -0.318 e. The van der Waals surface area contributed by atoms with Crippen molar-refractivity contribution in [2.45, 2.75) is 32.6 Å². The van der Waals surface area contributed by atoms with Gasteiger partial charge in [-0.1, -0.05) is 54.1 Å². The number of anilines is 1. The summed E-state index contributed by atoms with van der Waals surface area (Å²) < 4.78 is 30.0. The third-order valence-electron chi connectivity index (χ3n) is 6.16.